The molecule has 1 aliphatic rings. The maximum atomic E-state index is 13.3. The minimum atomic E-state index is -4.57. The van der Waals surface area contributed by atoms with Gasteiger partial charge in [0.15, 0.2) is 6.04 Å². The smallest absolute Gasteiger partial charge is 0.339 e. The molecule has 0 radical (unpaired) electrons. The first-order chi connectivity index (χ1) is 11.9. The molecular weight excluding hydrogens is 331 g/mol. The van der Waals surface area contributed by atoms with Gasteiger partial charge in [0.2, 0.25) is 5.91 Å². The average molecular weight is 349 g/mol. The minimum absolute atomic E-state index is 0.00826. The van der Waals surface area contributed by atoms with Gasteiger partial charge in [-0.1, -0.05) is 60.7 Å². The summed E-state index contributed by atoms with van der Waals surface area (Å²) in [5, 5.41) is 2.12. The number of hydrazine groups is 1. The second-order valence-electron chi connectivity index (χ2n) is 5.93. The van der Waals surface area contributed by atoms with E-state index in [-0.39, 0.29) is 11.6 Å². The number of alkyl halides is 3. The largest absolute Gasteiger partial charge is 0.412 e. The zero-order valence-corrected chi connectivity index (χ0v) is 13.3. The van der Waals surface area contributed by atoms with E-state index in [0.717, 1.165) is 5.56 Å². The molecule has 0 aliphatic carbocycles. The Hall–Kier alpha value is -2.38. The highest BCUT2D eigenvalue weighted by molar-refractivity contribution is 5.82. The van der Waals surface area contributed by atoms with Crippen molar-refractivity contribution >= 4 is 5.91 Å². The molecule has 3 N–H and O–H groups in total. The molecule has 1 fully saturated rings. The van der Waals surface area contributed by atoms with Crippen molar-refractivity contribution in [1.29, 1.82) is 0 Å². The molecule has 1 heterocycles. The summed E-state index contributed by atoms with van der Waals surface area (Å²) in [4.78, 5) is 12.3. The Bertz CT molecular complexity index is 707. The fraction of sp³-hybridized carbons (Fsp3) is 0.278. The van der Waals surface area contributed by atoms with Crippen LogP contribution in [0, 0.1) is 0 Å². The molecule has 25 heavy (non-hydrogen) atoms. The van der Waals surface area contributed by atoms with E-state index in [0.29, 0.717) is 6.42 Å². The summed E-state index contributed by atoms with van der Waals surface area (Å²) in [5.41, 5.74) is 6.73. The van der Waals surface area contributed by atoms with E-state index in [1.54, 1.807) is 6.07 Å². The van der Waals surface area contributed by atoms with E-state index in [9.17, 15) is 18.0 Å². The van der Waals surface area contributed by atoms with Crippen LogP contribution in [-0.4, -0.2) is 18.1 Å². The third-order valence-corrected chi connectivity index (χ3v) is 4.17. The van der Waals surface area contributed by atoms with Crippen molar-refractivity contribution in [2.75, 3.05) is 0 Å². The zero-order valence-electron chi connectivity index (χ0n) is 13.3. The van der Waals surface area contributed by atoms with Crippen LogP contribution in [0.3, 0.4) is 0 Å². The van der Waals surface area contributed by atoms with Gasteiger partial charge in [-0.05, 0) is 17.5 Å². The van der Waals surface area contributed by atoms with Gasteiger partial charge in [0, 0.05) is 6.04 Å². The Kier molecular flexibility index (Phi) is 5.06. The molecule has 3 atom stereocenters. The van der Waals surface area contributed by atoms with Gasteiger partial charge in [-0.15, -0.1) is 0 Å². The summed E-state index contributed by atoms with van der Waals surface area (Å²) < 4.78 is 40.0. The maximum Gasteiger partial charge on any atom is 0.412 e. The fourth-order valence-corrected chi connectivity index (χ4v) is 2.87. The van der Waals surface area contributed by atoms with Gasteiger partial charge in [-0.25, -0.2) is 10.9 Å². The molecule has 0 aromatic heterocycles. The van der Waals surface area contributed by atoms with Crippen LogP contribution in [0.15, 0.2) is 60.7 Å². The Morgan fingerprint density at radius 1 is 1.00 bits per heavy atom. The summed E-state index contributed by atoms with van der Waals surface area (Å²) in [6.45, 7) is 0. The summed E-state index contributed by atoms with van der Waals surface area (Å²) in [7, 11) is 0. The molecule has 1 amide bonds. The highest BCUT2D eigenvalue weighted by Crippen LogP contribution is 2.33. The minimum Gasteiger partial charge on any atom is -0.339 e. The third kappa shape index (κ3) is 4.18. The molecule has 0 spiro atoms. The molecule has 0 saturated carbocycles. The van der Waals surface area contributed by atoms with Crippen LogP contribution in [0.5, 0.6) is 0 Å². The number of hydrogen-bond donors (Lipinski definition) is 3. The summed E-state index contributed by atoms with van der Waals surface area (Å²) in [5.74, 6) is -0.683. The predicted octanol–water partition coefficient (Wildman–Crippen LogP) is 3.01. The van der Waals surface area contributed by atoms with Crippen LogP contribution < -0.4 is 16.2 Å². The number of benzene rings is 2. The first kappa shape index (κ1) is 17.4. The SMILES string of the molecule is O=C(NC(c1ccccc1)C(F)(F)F)C1CC(c2ccccc2)NN1. The number of amides is 1. The van der Waals surface area contributed by atoms with E-state index >= 15 is 0 Å². The van der Waals surface area contributed by atoms with Crippen molar-refractivity contribution < 1.29 is 18.0 Å². The van der Waals surface area contributed by atoms with Gasteiger partial charge < -0.3 is 5.32 Å². The lowest BCUT2D eigenvalue weighted by molar-refractivity contribution is -0.164. The molecule has 1 saturated heterocycles. The van der Waals surface area contributed by atoms with E-state index in [4.69, 9.17) is 0 Å². The molecule has 7 heteroatoms. The normalized spacial score (nSPS) is 21.7. The van der Waals surface area contributed by atoms with Crippen LogP contribution in [-0.2, 0) is 4.79 Å². The lowest BCUT2D eigenvalue weighted by atomic mass is 10.0. The Morgan fingerprint density at radius 2 is 1.60 bits per heavy atom. The summed E-state index contributed by atoms with van der Waals surface area (Å²) >= 11 is 0. The standard InChI is InChI=1S/C18H18F3N3O/c19-18(20,21)16(13-9-5-2-6-10-13)22-17(25)15-11-14(23-24-15)12-7-3-1-4-8-12/h1-10,14-16,23-24H,11H2,(H,22,25). The predicted molar refractivity (Wildman–Crippen MR) is 87.2 cm³/mol. The molecule has 132 valence electrons. The van der Waals surface area contributed by atoms with E-state index in [2.05, 4.69) is 16.2 Å². The fourth-order valence-electron chi connectivity index (χ4n) is 2.87. The van der Waals surface area contributed by atoms with Gasteiger partial charge in [0.25, 0.3) is 0 Å². The molecule has 1 aliphatic heterocycles. The molecule has 3 unspecified atom stereocenters. The van der Waals surface area contributed by atoms with Crippen LogP contribution in [0.25, 0.3) is 0 Å². The van der Waals surface area contributed by atoms with Crippen molar-refractivity contribution in [2.45, 2.75) is 30.7 Å². The zero-order chi connectivity index (χ0) is 17.9. The number of carbonyl (C=O) groups excluding carboxylic acids is 1. The van der Waals surface area contributed by atoms with E-state index in [1.165, 1.54) is 24.3 Å². The lowest BCUT2D eigenvalue weighted by Gasteiger charge is -2.23. The quantitative estimate of drug-likeness (QED) is 0.795. The number of nitrogens with one attached hydrogen (secondary N) is 3. The van der Waals surface area contributed by atoms with Gasteiger partial charge in [-0.3, -0.25) is 4.79 Å². The maximum absolute atomic E-state index is 13.3. The summed E-state index contributed by atoms with van der Waals surface area (Å²) in [6.07, 6.45) is -4.20. The molecule has 3 rings (SSSR count). The second kappa shape index (κ2) is 7.25. The Morgan fingerprint density at radius 3 is 2.20 bits per heavy atom. The van der Waals surface area contributed by atoms with Crippen molar-refractivity contribution in [3.8, 4) is 0 Å². The van der Waals surface area contributed by atoms with Crippen molar-refractivity contribution in [3.05, 3.63) is 71.8 Å². The number of carbonyl (C=O) groups is 1. The molecule has 2 aromatic carbocycles. The third-order valence-electron chi connectivity index (χ3n) is 4.17. The van der Waals surface area contributed by atoms with E-state index in [1.807, 2.05) is 30.3 Å². The van der Waals surface area contributed by atoms with Crippen LogP contribution in [0.2, 0.25) is 0 Å². The highest BCUT2D eigenvalue weighted by Gasteiger charge is 2.43. The number of rotatable bonds is 4. The first-order valence-corrected chi connectivity index (χ1v) is 7.93. The average Bonchev–Trinajstić information content (AvgIpc) is 3.10. The Balaban J connectivity index is 1.68. The van der Waals surface area contributed by atoms with Gasteiger partial charge in [0.05, 0.1) is 0 Å². The monoisotopic (exact) mass is 349 g/mol. The number of halogens is 3. The number of hydrogen-bond acceptors (Lipinski definition) is 3. The van der Waals surface area contributed by atoms with Gasteiger partial charge in [0.1, 0.15) is 6.04 Å². The molecule has 0 bridgehead atoms. The Labute approximate surface area is 143 Å². The second-order valence-corrected chi connectivity index (χ2v) is 5.93. The van der Waals surface area contributed by atoms with Crippen LogP contribution in [0.4, 0.5) is 13.2 Å². The first-order valence-electron chi connectivity index (χ1n) is 7.93. The van der Waals surface area contributed by atoms with Crippen molar-refractivity contribution in [3.63, 3.8) is 0 Å². The lowest BCUT2D eigenvalue weighted by Crippen LogP contribution is -2.47. The van der Waals surface area contributed by atoms with Crippen LogP contribution in [0.1, 0.15) is 29.6 Å². The van der Waals surface area contributed by atoms with Crippen molar-refractivity contribution in [2.24, 2.45) is 0 Å². The molecule has 4 nitrogen and oxygen atoms in total. The van der Waals surface area contributed by atoms with Crippen molar-refractivity contribution in [1.82, 2.24) is 16.2 Å². The topological polar surface area (TPSA) is 53.2 Å². The summed E-state index contributed by atoms with van der Waals surface area (Å²) in [6, 6.07) is 13.9. The van der Waals surface area contributed by atoms with Gasteiger partial charge in [-0.2, -0.15) is 13.2 Å². The molecule has 2 aromatic rings. The highest BCUT2D eigenvalue weighted by atomic mass is 19.4. The van der Waals surface area contributed by atoms with Gasteiger partial charge >= 0.3 is 6.18 Å². The molecular formula is C18H18F3N3O. The van der Waals surface area contributed by atoms with Crippen LogP contribution >= 0.6 is 0 Å². The van der Waals surface area contributed by atoms with E-state index < -0.39 is 24.2 Å².